The van der Waals surface area contributed by atoms with Crippen LogP contribution in [0.4, 0.5) is 0 Å². The highest BCUT2D eigenvalue weighted by Crippen LogP contribution is 2.33. The van der Waals surface area contributed by atoms with E-state index < -0.39 is 0 Å². The SMILES string of the molecule is COc1ccc(-c2nn(-c3ccccc3)cc2C=c2sc3nc(-c4ccccc4)nn3c2=O)cc1OC. The van der Waals surface area contributed by atoms with Crippen LogP contribution in [0.3, 0.4) is 0 Å². The smallest absolute Gasteiger partial charge is 0.291 e. The number of para-hydroxylation sites is 1. The molecular formula is C28H21N5O3S. The third-order valence-corrected chi connectivity index (χ3v) is 6.88. The second kappa shape index (κ2) is 9.36. The van der Waals surface area contributed by atoms with Gasteiger partial charge in [0.2, 0.25) is 4.96 Å². The number of benzene rings is 3. The molecule has 0 aliphatic heterocycles. The van der Waals surface area contributed by atoms with Gasteiger partial charge in [-0.3, -0.25) is 4.79 Å². The van der Waals surface area contributed by atoms with Crippen LogP contribution in [-0.2, 0) is 0 Å². The molecule has 9 heteroatoms. The van der Waals surface area contributed by atoms with Gasteiger partial charge >= 0.3 is 0 Å². The van der Waals surface area contributed by atoms with Gasteiger partial charge < -0.3 is 9.47 Å². The van der Waals surface area contributed by atoms with E-state index in [1.807, 2.05) is 91.1 Å². The summed E-state index contributed by atoms with van der Waals surface area (Å²) in [6.07, 6.45) is 3.75. The third-order valence-electron chi connectivity index (χ3n) is 5.92. The molecular weight excluding hydrogens is 486 g/mol. The van der Waals surface area contributed by atoms with Gasteiger partial charge in [-0.15, -0.1) is 5.10 Å². The summed E-state index contributed by atoms with van der Waals surface area (Å²) in [4.78, 5) is 18.4. The Morgan fingerprint density at radius 2 is 1.57 bits per heavy atom. The fourth-order valence-corrected chi connectivity index (χ4v) is 5.00. The molecule has 0 saturated carbocycles. The maximum Gasteiger partial charge on any atom is 0.291 e. The Hall–Kier alpha value is -4.76. The standard InChI is InChI=1S/C28H21N5O3S/c1-35-22-14-13-19(15-23(22)36-2)25-20(17-32(30-25)21-11-7-4-8-12-21)16-24-27(34)33-28(37-24)29-26(31-33)18-9-5-3-6-10-18/h3-17H,1-2H3. The van der Waals surface area contributed by atoms with Crippen LogP contribution < -0.4 is 19.6 Å². The van der Waals surface area contributed by atoms with E-state index in [1.165, 1.54) is 15.9 Å². The molecule has 0 atom stereocenters. The zero-order chi connectivity index (χ0) is 25.4. The van der Waals surface area contributed by atoms with Crippen molar-refractivity contribution in [3.8, 4) is 39.8 Å². The Labute approximate surface area is 215 Å². The summed E-state index contributed by atoms with van der Waals surface area (Å²) in [6, 6.07) is 25.1. The average Bonchev–Trinajstić information content (AvgIpc) is 3.64. The van der Waals surface area contributed by atoms with E-state index in [2.05, 4.69) is 10.1 Å². The first-order valence-electron chi connectivity index (χ1n) is 11.5. The maximum atomic E-state index is 13.3. The monoisotopic (exact) mass is 507 g/mol. The molecule has 0 amide bonds. The molecule has 0 unspecified atom stereocenters. The number of methoxy groups -OCH3 is 2. The van der Waals surface area contributed by atoms with Gasteiger partial charge in [-0.05, 0) is 36.4 Å². The minimum Gasteiger partial charge on any atom is -0.493 e. The molecule has 0 aliphatic carbocycles. The van der Waals surface area contributed by atoms with Crippen molar-refractivity contribution >= 4 is 22.4 Å². The van der Waals surface area contributed by atoms with E-state index in [0.717, 1.165) is 22.4 Å². The van der Waals surface area contributed by atoms with Crippen molar-refractivity contribution < 1.29 is 9.47 Å². The van der Waals surface area contributed by atoms with E-state index in [9.17, 15) is 4.79 Å². The molecule has 0 N–H and O–H groups in total. The lowest BCUT2D eigenvalue weighted by Gasteiger charge is -2.09. The zero-order valence-electron chi connectivity index (χ0n) is 20.0. The Bertz CT molecular complexity index is 1820. The lowest BCUT2D eigenvalue weighted by atomic mass is 10.1. The minimum atomic E-state index is -0.222. The maximum absolute atomic E-state index is 13.3. The highest BCUT2D eigenvalue weighted by Gasteiger charge is 2.16. The number of nitrogens with zero attached hydrogens (tertiary/aromatic N) is 5. The molecule has 37 heavy (non-hydrogen) atoms. The summed E-state index contributed by atoms with van der Waals surface area (Å²) in [6.45, 7) is 0. The van der Waals surface area contributed by atoms with E-state index in [1.54, 1.807) is 18.9 Å². The van der Waals surface area contributed by atoms with Crippen molar-refractivity contribution in [2.45, 2.75) is 0 Å². The molecule has 3 heterocycles. The molecule has 182 valence electrons. The predicted octanol–water partition coefficient (Wildman–Crippen LogP) is 4.24. The lowest BCUT2D eigenvalue weighted by molar-refractivity contribution is 0.355. The first-order chi connectivity index (χ1) is 18.1. The number of ether oxygens (including phenoxy) is 2. The van der Waals surface area contributed by atoms with Gasteiger partial charge in [0.05, 0.1) is 24.4 Å². The average molecular weight is 508 g/mol. The topological polar surface area (TPSA) is 83.5 Å². The van der Waals surface area contributed by atoms with Gasteiger partial charge in [0, 0.05) is 22.9 Å². The highest BCUT2D eigenvalue weighted by atomic mass is 32.1. The molecule has 0 spiro atoms. The van der Waals surface area contributed by atoms with Crippen LogP contribution in [0.2, 0.25) is 0 Å². The van der Waals surface area contributed by atoms with E-state index in [4.69, 9.17) is 14.6 Å². The predicted molar refractivity (Wildman–Crippen MR) is 143 cm³/mol. The van der Waals surface area contributed by atoms with Gasteiger partial charge in [-0.25, -0.2) is 4.68 Å². The van der Waals surface area contributed by atoms with Crippen LogP contribution in [0.15, 0.2) is 89.9 Å². The number of hydrogen-bond donors (Lipinski definition) is 0. The third kappa shape index (κ3) is 4.15. The van der Waals surface area contributed by atoms with Crippen LogP contribution in [0.25, 0.3) is 39.4 Å². The molecule has 0 fully saturated rings. The quantitative estimate of drug-likeness (QED) is 0.335. The number of thiazole rings is 1. The Morgan fingerprint density at radius 1 is 0.838 bits per heavy atom. The summed E-state index contributed by atoms with van der Waals surface area (Å²) in [7, 11) is 3.19. The van der Waals surface area contributed by atoms with Gasteiger partial charge in [0.1, 0.15) is 5.69 Å². The van der Waals surface area contributed by atoms with Gasteiger partial charge in [0.25, 0.3) is 5.56 Å². The van der Waals surface area contributed by atoms with Crippen LogP contribution >= 0.6 is 11.3 Å². The molecule has 3 aromatic carbocycles. The fourth-order valence-electron chi connectivity index (χ4n) is 4.10. The summed E-state index contributed by atoms with van der Waals surface area (Å²) in [5.41, 5.74) is 3.86. The van der Waals surface area contributed by atoms with Crippen molar-refractivity contribution in [3.63, 3.8) is 0 Å². The van der Waals surface area contributed by atoms with E-state index in [-0.39, 0.29) is 5.56 Å². The van der Waals surface area contributed by atoms with Crippen molar-refractivity contribution in [1.82, 2.24) is 24.4 Å². The molecule has 0 saturated heterocycles. The van der Waals surface area contributed by atoms with Crippen molar-refractivity contribution in [1.29, 1.82) is 0 Å². The first kappa shape index (κ1) is 22.7. The number of hydrogen-bond acceptors (Lipinski definition) is 7. The molecule has 6 aromatic rings. The molecule has 0 bridgehead atoms. The summed E-state index contributed by atoms with van der Waals surface area (Å²) in [5, 5.41) is 9.31. The second-order valence-corrected chi connectivity index (χ2v) is 9.20. The fraction of sp³-hybridized carbons (Fsp3) is 0.0714. The highest BCUT2D eigenvalue weighted by molar-refractivity contribution is 7.15. The first-order valence-corrected chi connectivity index (χ1v) is 12.3. The molecule has 8 nitrogen and oxygen atoms in total. The number of rotatable bonds is 6. The van der Waals surface area contributed by atoms with Crippen LogP contribution in [-0.4, -0.2) is 38.6 Å². The minimum absolute atomic E-state index is 0.222. The van der Waals surface area contributed by atoms with Gasteiger partial charge in [-0.2, -0.15) is 14.6 Å². The van der Waals surface area contributed by atoms with Crippen molar-refractivity contribution in [2.75, 3.05) is 14.2 Å². The molecule has 0 aliphatic rings. The lowest BCUT2D eigenvalue weighted by Crippen LogP contribution is -2.23. The second-order valence-electron chi connectivity index (χ2n) is 8.19. The van der Waals surface area contributed by atoms with E-state index in [0.29, 0.717) is 32.5 Å². The summed E-state index contributed by atoms with van der Waals surface area (Å²) in [5.74, 6) is 1.75. The number of fused-ring (bicyclic) bond motifs is 1. The molecule has 6 rings (SSSR count). The Balaban J connectivity index is 1.50. The number of aromatic nitrogens is 5. The summed E-state index contributed by atoms with van der Waals surface area (Å²) >= 11 is 1.30. The van der Waals surface area contributed by atoms with Gasteiger partial charge in [-0.1, -0.05) is 59.9 Å². The van der Waals surface area contributed by atoms with Crippen LogP contribution in [0.5, 0.6) is 11.5 Å². The van der Waals surface area contributed by atoms with Crippen molar-refractivity contribution in [3.05, 3.63) is 106 Å². The Kier molecular flexibility index (Phi) is 5.74. The van der Waals surface area contributed by atoms with Crippen molar-refractivity contribution in [2.24, 2.45) is 0 Å². The molecule has 3 aromatic heterocycles. The normalized spacial score (nSPS) is 11.8. The van der Waals surface area contributed by atoms with Gasteiger partial charge in [0.15, 0.2) is 17.3 Å². The largest absolute Gasteiger partial charge is 0.493 e. The van der Waals surface area contributed by atoms with Crippen LogP contribution in [0, 0.1) is 0 Å². The van der Waals surface area contributed by atoms with Crippen LogP contribution in [0.1, 0.15) is 5.56 Å². The summed E-state index contributed by atoms with van der Waals surface area (Å²) < 4.78 is 14.6. The Morgan fingerprint density at radius 3 is 2.27 bits per heavy atom. The zero-order valence-corrected chi connectivity index (χ0v) is 20.8. The molecule has 0 radical (unpaired) electrons. The van der Waals surface area contributed by atoms with E-state index >= 15 is 0 Å².